The molecule has 3 rings (SSSR count). The Morgan fingerprint density at radius 1 is 1.11 bits per heavy atom. The van der Waals surface area contributed by atoms with E-state index in [0.717, 1.165) is 16.9 Å². The molecule has 7 heteroatoms. The molecule has 28 heavy (non-hydrogen) atoms. The number of para-hydroxylation sites is 2. The molecule has 146 valence electrons. The maximum Gasteiger partial charge on any atom is 0.253 e. The monoisotopic (exact) mass is 398 g/mol. The second kappa shape index (κ2) is 8.44. The molecule has 0 spiro atoms. The Morgan fingerprint density at radius 2 is 1.79 bits per heavy atom. The molecular formula is C21H23ClN4O2. The maximum absolute atomic E-state index is 12.7. The quantitative estimate of drug-likeness (QED) is 0.668. The van der Waals surface area contributed by atoms with Crippen molar-refractivity contribution in [2.45, 2.75) is 26.4 Å². The number of hydrogen-bond acceptors (Lipinski definition) is 3. The van der Waals surface area contributed by atoms with Crippen molar-refractivity contribution < 1.29 is 9.59 Å². The third-order valence-electron chi connectivity index (χ3n) is 4.65. The van der Waals surface area contributed by atoms with E-state index in [0.29, 0.717) is 10.6 Å². The highest BCUT2D eigenvalue weighted by Crippen LogP contribution is 2.16. The van der Waals surface area contributed by atoms with Crippen molar-refractivity contribution >= 4 is 34.4 Å². The molecule has 0 saturated carbocycles. The molecule has 0 fully saturated rings. The van der Waals surface area contributed by atoms with Crippen molar-refractivity contribution in [1.29, 1.82) is 0 Å². The van der Waals surface area contributed by atoms with Gasteiger partial charge in [0.05, 0.1) is 28.2 Å². The van der Waals surface area contributed by atoms with Crippen LogP contribution in [-0.2, 0) is 18.4 Å². The number of aryl methyl sites for hydroxylation is 1. The van der Waals surface area contributed by atoms with Gasteiger partial charge >= 0.3 is 0 Å². The fourth-order valence-corrected chi connectivity index (χ4v) is 3.25. The van der Waals surface area contributed by atoms with Crippen LogP contribution in [0.4, 0.5) is 0 Å². The first-order chi connectivity index (χ1) is 13.4. The van der Waals surface area contributed by atoms with Gasteiger partial charge in [0.15, 0.2) is 0 Å². The minimum Gasteiger partial charge on any atom is -0.347 e. The molecule has 2 N–H and O–H groups in total. The largest absolute Gasteiger partial charge is 0.347 e. The van der Waals surface area contributed by atoms with E-state index in [1.807, 2.05) is 49.7 Å². The summed E-state index contributed by atoms with van der Waals surface area (Å²) in [6, 6.07) is 13.9. The predicted octanol–water partition coefficient (Wildman–Crippen LogP) is 3.30. The number of nitrogens with zero attached hydrogens (tertiary/aromatic N) is 2. The lowest BCUT2D eigenvalue weighted by molar-refractivity contribution is -0.124. The van der Waals surface area contributed by atoms with Crippen LogP contribution in [0.2, 0.25) is 5.02 Å². The smallest absolute Gasteiger partial charge is 0.253 e. The van der Waals surface area contributed by atoms with E-state index in [1.165, 1.54) is 0 Å². The van der Waals surface area contributed by atoms with Crippen LogP contribution in [0.25, 0.3) is 11.0 Å². The zero-order valence-corrected chi connectivity index (χ0v) is 16.8. The number of halogens is 1. The minimum absolute atomic E-state index is 0.0909. The topological polar surface area (TPSA) is 76.0 Å². The highest BCUT2D eigenvalue weighted by molar-refractivity contribution is 6.33. The van der Waals surface area contributed by atoms with Crippen LogP contribution in [0.5, 0.6) is 0 Å². The number of carbonyl (C=O) groups excluding carboxylic acids is 2. The number of aromatic nitrogens is 2. The maximum atomic E-state index is 12.7. The van der Waals surface area contributed by atoms with Gasteiger partial charge in [-0.3, -0.25) is 9.59 Å². The summed E-state index contributed by atoms with van der Waals surface area (Å²) in [7, 11) is 1.91. The van der Waals surface area contributed by atoms with E-state index >= 15 is 0 Å². The Balaban J connectivity index is 1.70. The van der Waals surface area contributed by atoms with Crippen molar-refractivity contribution in [3.8, 4) is 0 Å². The normalized spacial score (nSPS) is 12.2. The van der Waals surface area contributed by atoms with Crippen molar-refractivity contribution in [2.75, 3.05) is 0 Å². The summed E-state index contributed by atoms with van der Waals surface area (Å²) in [6.07, 6.45) is 0. The van der Waals surface area contributed by atoms with Gasteiger partial charge in [0.1, 0.15) is 11.9 Å². The van der Waals surface area contributed by atoms with E-state index in [2.05, 4.69) is 15.6 Å². The molecule has 3 aromatic rings. The summed E-state index contributed by atoms with van der Waals surface area (Å²) >= 11 is 6.09. The molecule has 2 amide bonds. The minimum atomic E-state index is -0.682. The Kier molecular flexibility index (Phi) is 5.99. The fourth-order valence-electron chi connectivity index (χ4n) is 3.03. The molecule has 2 aromatic carbocycles. The van der Waals surface area contributed by atoms with E-state index in [4.69, 9.17) is 11.6 Å². The summed E-state index contributed by atoms with van der Waals surface area (Å²) in [4.78, 5) is 29.8. The van der Waals surface area contributed by atoms with Crippen LogP contribution in [-0.4, -0.2) is 27.4 Å². The van der Waals surface area contributed by atoms with Gasteiger partial charge in [-0.05, 0) is 30.2 Å². The second-order valence-corrected chi connectivity index (χ2v) is 7.38. The lowest BCUT2D eigenvalue weighted by Gasteiger charge is -2.22. The third kappa shape index (κ3) is 4.17. The van der Waals surface area contributed by atoms with Gasteiger partial charge in [0, 0.05) is 7.05 Å². The zero-order valence-electron chi connectivity index (χ0n) is 16.1. The van der Waals surface area contributed by atoms with Crippen molar-refractivity contribution in [2.24, 2.45) is 13.0 Å². The summed E-state index contributed by atoms with van der Waals surface area (Å²) in [5, 5.41) is 6.02. The number of imidazole rings is 1. The zero-order chi connectivity index (χ0) is 20.3. The number of nitrogens with one attached hydrogen (secondary N) is 2. The highest BCUT2D eigenvalue weighted by Gasteiger charge is 2.25. The summed E-state index contributed by atoms with van der Waals surface area (Å²) in [5.41, 5.74) is 2.22. The van der Waals surface area contributed by atoms with Gasteiger partial charge < -0.3 is 15.2 Å². The molecule has 0 aliphatic carbocycles. The summed E-state index contributed by atoms with van der Waals surface area (Å²) in [6.45, 7) is 4.04. The first-order valence-electron chi connectivity index (χ1n) is 9.12. The van der Waals surface area contributed by atoms with Crippen LogP contribution >= 0.6 is 11.6 Å². The summed E-state index contributed by atoms with van der Waals surface area (Å²) in [5.74, 6) is 0.0195. The Hall–Kier alpha value is -2.86. The Morgan fingerprint density at radius 3 is 2.46 bits per heavy atom. The van der Waals surface area contributed by atoms with Gasteiger partial charge in [-0.2, -0.15) is 0 Å². The highest BCUT2D eigenvalue weighted by atomic mass is 35.5. The molecule has 1 unspecified atom stereocenters. The van der Waals surface area contributed by atoms with E-state index in [-0.39, 0.29) is 24.3 Å². The van der Waals surface area contributed by atoms with Crippen molar-refractivity contribution in [3.05, 3.63) is 64.9 Å². The number of hydrogen-bond donors (Lipinski definition) is 2. The number of benzene rings is 2. The van der Waals surface area contributed by atoms with E-state index in [1.54, 1.807) is 24.3 Å². The molecule has 0 bridgehead atoms. The third-order valence-corrected chi connectivity index (χ3v) is 4.98. The molecule has 1 aromatic heterocycles. The van der Waals surface area contributed by atoms with Gasteiger partial charge in [0.2, 0.25) is 5.91 Å². The van der Waals surface area contributed by atoms with Gasteiger partial charge in [0.25, 0.3) is 5.91 Å². The van der Waals surface area contributed by atoms with Crippen LogP contribution in [0, 0.1) is 5.92 Å². The lowest BCUT2D eigenvalue weighted by Crippen LogP contribution is -2.49. The fraction of sp³-hybridized carbons (Fsp3) is 0.286. The number of fused-ring (bicyclic) bond motifs is 1. The molecule has 1 heterocycles. The first-order valence-corrected chi connectivity index (χ1v) is 9.49. The Labute approximate surface area is 168 Å². The lowest BCUT2D eigenvalue weighted by atomic mass is 10.0. The molecule has 6 nitrogen and oxygen atoms in total. The van der Waals surface area contributed by atoms with Crippen LogP contribution in [0.1, 0.15) is 30.0 Å². The SMILES string of the molecule is CC(C)C(NC(=O)c1ccccc1Cl)C(=O)NCc1nc2ccccc2n1C. The van der Waals surface area contributed by atoms with E-state index in [9.17, 15) is 9.59 Å². The first kappa shape index (κ1) is 19.9. The number of amides is 2. The molecule has 0 radical (unpaired) electrons. The Bertz CT molecular complexity index is 1010. The average Bonchev–Trinajstić information content (AvgIpc) is 3.00. The van der Waals surface area contributed by atoms with Gasteiger partial charge in [-0.1, -0.05) is 49.7 Å². The molecule has 0 saturated heterocycles. The number of rotatable bonds is 6. The average molecular weight is 399 g/mol. The summed E-state index contributed by atoms with van der Waals surface area (Å²) < 4.78 is 1.95. The van der Waals surface area contributed by atoms with E-state index < -0.39 is 6.04 Å². The van der Waals surface area contributed by atoms with Gasteiger partial charge in [-0.25, -0.2) is 4.98 Å². The van der Waals surface area contributed by atoms with Crippen LogP contribution in [0.15, 0.2) is 48.5 Å². The van der Waals surface area contributed by atoms with Gasteiger partial charge in [-0.15, -0.1) is 0 Å². The standard InChI is InChI=1S/C21H23ClN4O2/c1-13(2)19(25-20(27)14-8-4-5-9-15(14)22)21(28)23-12-18-24-16-10-6-7-11-17(16)26(18)3/h4-11,13,19H,12H2,1-3H3,(H,23,28)(H,25,27). The molecular weight excluding hydrogens is 376 g/mol. The molecule has 0 aliphatic rings. The van der Waals surface area contributed by atoms with Crippen molar-refractivity contribution in [3.63, 3.8) is 0 Å². The van der Waals surface area contributed by atoms with Crippen LogP contribution < -0.4 is 10.6 Å². The van der Waals surface area contributed by atoms with Crippen molar-refractivity contribution in [1.82, 2.24) is 20.2 Å². The molecule has 1 atom stereocenters. The predicted molar refractivity (Wildman–Crippen MR) is 110 cm³/mol. The van der Waals surface area contributed by atoms with Crippen LogP contribution in [0.3, 0.4) is 0 Å². The second-order valence-electron chi connectivity index (χ2n) is 6.97. The molecule has 0 aliphatic heterocycles. The number of carbonyl (C=O) groups is 2.